The van der Waals surface area contributed by atoms with Gasteiger partial charge in [0, 0.05) is 12.0 Å². The van der Waals surface area contributed by atoms with Crippen LogP contribution < -0.4 is 5.56 Å². The Bertz CT molecular complexity index is 413. The van der Waals surface area contributed by atoms with Crippen LogP contribution in [0.2, 0.25) is 0 Å². The maximum atomic E-state index is 11.7. The van der Waals surface area contributed by atoms with Crippen molar-refractivity contribution in [3.05, 3.63) is 21.6 Å². The van der Waals surface area contributed by atoms with E-state index in [0.29, 0.717) is 19.3 Å². The van der Waals surface area contributed by atoms with Crippen LogP contribution >= 0.6 is 0 Å². The van der Waals surface area contributed by atoms with Gasteiger partial charge in [0.15, 0.2) is 0 Å². The van der Waals surface area contributed by atoms with Crippen LogP contribution in [0.15, 0.2) is 4.79 Å². The fourth-order valence-electron chi connectivity index (χ4n) is 2.75. The summed E-state index contributed by atoms with van der Waals surface area (Å²) in [5.41, 5.74) is 2.14. The van der Waals surface area contributed by atoms with Gasteiger partial charge >= 0.3 is 0 Å². The number of fused-ring (bicyclic) bond motifs is 1. The minimum atomic E-state index is 0.0974. The zero-order chi connectivity index (χ0) is 10.3. The number of nitrogens with zero attached hydrogens (tertiary/aromatic N) is 1. The van der Waals surface area contributed by atoms with Crippen molar-refractivity contribution < 1.29 is 4.74 Å². The molecule has 3 rings (SSSR count). The first-order chi connectivity index (χ1) is 7.36. The summed E-state index contributed by atoms with van der Waals surface area (Å²) < 4.78 is 7.50. The molecule has 0 bridgehead atoms. The van der Waals surface area contributed by atoms with Crippen molar-refractivity contribution >= 4 is 0 Å². The van der Waals surface area contributed by atoms with Crippen LogP contribution in [0.3, 0.4) is 0 Å². The molecule has 82 valence electrons. The summed E-state index contributed by atoms with van der Waals surface area (Å²) in [6.45, 7) is 1.29. The minimum absolute atomic E-state index is 0.0974. The Morgan fingerprint density at radius 2 is 2.13 bits per heavy atom. The second-order valence-electron chi connectivity index (χ2n) is 4.48. The lowest BCUT2D eigenvalue weighted by Crippen LogP contribution is -2.16. The number of aromatic nitrogens is 2. The Kier molecular flexibility index (Phi) is 2.16. The lowest BCUT2D eigenvalue weighted by atomic mass is 10.1. The van der Waals surface area contributed by atoms with E-state index in [-0.39, 0.29) is 5.56 Å². The number of nitrogens with one attached hydrogen (secondary N) is 1. The molecule has 0 aromatic carbocycles. The van der Waals surface area contributed by atoms with Crippen LogP contribution in [-0.2, 0) is 17.8 Å². The largest absolute Gasteiger partial charge is 0.375 e. The van der Waals surface area contributed by atoms with Gasteiger partial charge < -0.3 is 4.74 Å². The first-order valence-corrected chi connectivity index (χ1v) is 5.76. The molecule has 4 nitrogen and oxygen atoms in total. The second-order valence-corrected chi connectivity index (χ2v) is 4.48. The van der Waals surface area contributed by atoms with Crippen LogP contribution in [0, 0.1) is 0 Å². The van der Waals surface area contributed by atoms with Gasteiger partial charge in [0.1, 0.15) is 0 Å². The zero-order valence-corrected chi connectivity index (χ0v) is 8.79. The van der Waals surface area contributed by atoms with Crippen LogP contribution in [0.25, 0.3) is 0 Å². The Labute approximate surface area is 88.2 Å². The summed E-state index contributed by atoms with van der Waals surface area (Å²) in [6, 6.07) is 0.503. The highest BCUT2D eigenvalue weighted by Crippen LogP contribution is 2.30. The molecule has 0 radical (unpaired) electrons. The molecular formula is C11H16N2O2. The van der Waals surface area contributed by atoms with Crippen molar-refractivity contribution in [1.82, 2.24) is 9.78 Å². The second kappa shape index (κ2) is 3.52. The van der Waals surface area contributed by atoms with Crippen LogP contribution in [-0.4, -0.2) is 16.4 Å². The molecule has 0 atom stereocenters. The molecular weight excluding hydrogens is 192 g/mol. The lowest BCUT2D eigenvalue weighted by Gasteiger charge is -2.18. The van der Waals surface area contributed by atoms with E-state index in [1.54, 1.807) is 0 Å². The normalized spacial score (nSPS) is 21.9. The molecule has 1 aromatic heterocycles. The van der Waals surface area contributed by atoms with Gasteiger partial charge in [0.05, 0.1) is 24.9 Å². The van der Waals surface area contributed by atoms with Crippen molar-refractivity contribution in [1.29, 1.82) is 0 Å². The van der Waals surface area contributed by atoms with Crippen molar-refractivity contribution in [2.75, 3.05) is 6.61 Å². The first-order valence-electron chi connectivity index (χ1n) is 5.76. The van der Waals surface area contributed by atoms with E-state index in [2.05, 4.69) is 9.78 Å². The Morgan fingerprint density at radius 3 is 2.93 bits per heavy atom. The maximum Gasteiger partial charge on any atom is 0.267 e. The fraction of sp³-hybridized carbons (Fsp3) is 0.727. The average molecular weight is 208 g/mol. The zero-order valence-electron chi connectivity index (χ0n) is 8.79. The van der Waals surface area contributed by atoms with E-state index >= 15 is 0 Å². The summed E-state index contributed by atoms with van der Waals surface area (Å²) in [5.74, 6) is 0. The Morgan fingerprint density at radius 1 is 1.33 bits per heavy atom. The predicted octanol–water partition coefficient (Wildman–Crippen LogP) is 1.36. The van der Waals surface area contributed by atoms with Crippen LogP contribution in [0.1, 0.15) is 43.0 Å². The maximum absolute atomic E-state index is 11.7. The third-order valence-corrected chi connectivity index (χ3v) is 3.56. The third kappa shape index (κ3) is 1.44. The van der Waals surface area contributed by atoms with Crippen LogP contribution in [0.5, 0.6) is 0 Å². The van der Waals surface area contributed by atoms with Gasteiger partial charge in [0.25, 0.3) is 5.56 Å². The SMILES string of the molecule is O=c1[nH]n(C2CCCC2)c2c1CCOC2. The highest BCUT2D eigenvalue weighted by molar-refractivity contribution is 5.20. The molecule has 0 unspecified atom stereocenters. The molecule has 0 amide bonds. The van der Waals surface area contributed by atoms with E-state index in [4.69, 9.17) is 4.74 Å². The quantitative estimate of drug-likeness (QED) is 0.757. The molecule has 15 heavy (non-hydrogen) atoms. The van der Waals surface area contributed by atoms with Crippen molar-refractivity contribution in [3.8, 4) is 0 Å². The highest BCUT2D eigenvalue weighted by Gasteiger charge is 2.25. The monoisotopic (exact) mass is 208 g/mol. The summed E-state index contributed by atoms with van der Waals surface area (Å²) >= 11 is 0. The standard InChI is InChI=1S/C11H16N2O2/c14-11-9-5-6-15-7-10(9)13(12-11)8-3-1-2-4-8/h8H,1-7H2,(H,12,14). The van der Waals surface area contributed by atoms with Gasteiger partial charge in [-0.2, -0.15) is 0 Å². The van der Waals surface area contributed by atoms with E-state index in [9.17, 15) is 4.79 Å². The van der Waals surface area contributed by atoms with E-state index < -0.39 is 0 Å². The number of aromatic amines is 1. The molecule has 0 spiro atoms. The molecule has 4 heteroatoms. The molecule has 2 heterocycles. The van der Waals surface area contributed by atoms with Crippen molar-refractivity contribution in [2.24, 2.45) is 0 Å². The number of rotatable bonds is 1. The van der Waals surface area contributed by atoms with Gasteiger partial charge in [-0.05, 0) is 12.8 Å². The summed E-state index contributed by atoms with van der Waals surface area (Å²) in [7, 11) is 0. The molecule has 1 aromatic rings. The van der Waals surface area contributed by atoms with Gasteiger partial charge in [-0.15, -0.1) is 0 Å². The fourth-order valence-corrected chi connectivity index (χ4v) is 2.75. The van der Waals surface area contributed by atoms with E-state index in [0.717, 1.165) is 17.7 Å². The lowest BCUT2D eigenvalue weighted by molar-refractivity contribution is 0.103. The molecule has 1 fully saturated rings. The smallest absolute Gasteiger partial charge is 0.267 e. The molecule has 1 N–H and O–H groups in total. The minimum Gasteiger partial charge on any atom is -0.375 e. The van der Waals surface area contributed by atoms with E-state index in [1.165, 1.54) is 25.7 Å². The van der Waals surface area contributed by atoms with Gasteiger partial charge in [0.2, 0.25) is 0 Å². The van der Waals surface area contributed by atoms with Gasteiger partial charge in [-0.3, -0.25) is 14.6 Å². The highest BCUT2D eigenvalue weighted by atomic mass is 16.5. The third-order valence-electron chi connectivity index (χ3n) is 3.56. The van der Waals surface area contributed by atoms with Gasteiger partial charge in [-0.25, -0.2) is 0 Å². The summed E-state index contributed by atoms with van der Waals surface area (Å²) in [4.78, 5) is 11.7. The first kappa shape index (κ1) is 9.21. The summed E-state index contributed by atoms with van der Waals surface area (Å²) in [6.07, 6.45) is 5.71. The molecule has 0 saturated heterocycles. The summed E-state index contributed by atoms with van der Waals surface area (Å²) in [5, 5.41) is 2.98. The number of H-pyrrole nitrogens is 1. The Hall–Kier alpha value is -1.03. The van der Waals surface area contributed by atoms with Crippen molar-refractivity contribution in [3.63, 3.8) is 0 Å². The average Bonchev–Trinajstić information content (AvgIpc) is 2.87. The number of hydrogen-bond donors (Lipinski definition) is 1. The number of hydrogen-bond acceptors (Lipinski definition) is 2. The van der Waals surface area contributed by atoms with Crippen molar-refractivity contribution in [2.45, 2.75) is 44.8 Å². The number of ether oxygens (including phenoxy) is 1. The Balaban J connectivity index is 2.03. The predicted molar refractivity (Wildman–Crippen MR) is 55.9 cm³/mol. The van der Waals surface area contributed by atoms with Gasteiger partial charge in [-0.1, -0.05) is 12.8 Å². The molecule has 1 aliphatic carbocycles. The van der Waals surface area contributed by atoms with Crippen LogP contribution in [0.4, 0.5) is 0 Å². The van der Waals surface area contributed by atoms with E-state index in [1.807, 2.05) is 0 Å². The molecule has 2 aliphatic rings. The molecule has 1 aliphatic heterocycles. The molecule has 1 saturated carbocycles. The topological polar surface area (TPSA) is 47.0 Å².